The minimum atomic E-state index is -0.438. The molecule has 0 radical (unpaired) electrons. The normalized spacial score (nSPS) is 24.1. The van der Waals surface area contributed by atoms with Gasteiger partial charge in [-0.1, -0.05) is 6.08 Å². The van der Waals surface area contributed by atoms with Crippen molar-refractivity contribution in [1.82, 2.24) is 4.90 Å². The fraction of sp³-hybridized carbons (Fsp3) is 0.846. The summed E-state index contributed by atoms with van der Waals surface area (Å²) >= 11 is 0. The van der Waals surface area contributed by atoms with Crippen molar-refractivity contribution in [1.29, 1.82) is 0 Å². The highest BCUT2D eigenvalue weighted by Crippen LogP contribution is 2.24. The van der Waals surface area contributed by atoms with E-state index in [1.807, 2.05) is 0 Å². The molecule has 0 aromatic heterocycles. The molecule has 16 heavy (non-hydrogen) atoms. The van der Waals surface area contributed by atoms with Gasteiger partial charge in [0.25, 0.3) is 0 Å². The Labute approximate surface area is 99.3 Å². The topological polar surface area (TPSA) is 49.5 Å². The van der Waals surface area contributed by atoms with Crippen LogP contribution in [0.4, 0.5) is 0 Å². The average molecular weight is 226 g/mol. The number of rotatable bonds is 4. The number of hydrogen-bond acceptors (Lipinski definition) is 3. The lowest BCUT2D eigenvalue weighted by molar-refractivity contribution is -0.0145. The van der Waals surface area contributed by atoms with Crippen molar-refractivity contribution < 1.29 is 5.11 Å². The molecule has 0 fully saturated rings. The Balaban J connectivity index is 2.71. The predicted molar refractivity (Wildman–Crippen MR) is 68.0 cm³/mol. The third-order valence-corrected chi connectivity index (χ3v) is 3.29. The number of hydrogen-bond donors (Lipinski definition) is 2. The molecule has 2 atom stereocenters. The van der Waals surface area contributed by atoms with Crippen LogP contribution in [0.2, 0.25) is 0 Å². The van der Waals surface area contributed by atoms with Gasteiger partial charge >= 0.3 is 0 Å². The van der Waals surface area contributed by atoms with E-state index in [0.717, 1.165) is 24.8 Å². The highest BCUT2D eigenvalue weighted by Gasteiger charge is 2.26. The van der Waals surface area contributed by atoms with Gasteiger partial charge in [0, 0.05) is 18.1 Å². The summed E-state index contributed by atoms with van der Waals surface area (Å²) in [7, 11) is 0. The van der Waals surface area contributed by atoms with E-state index in [9.17, 15) is 5.11 Å². The van der Waals surface area contributed by atoms with Crippen LogP contribution < -0.4 is 5.73 Å². The Bertz CT molecular complexity index is 240. The molecule has 1 unspecified atom stereocenters. The summed E-state index contributed by atoms with van der Waals surface area (Å²) in [5.41, 5.74) is 7.00. The average Bonchev–Trinajstić information content (AvgIpc) is 2.17. The first-order valence-electron chi connectivity index (χ1n) is 6.33. The molecule has 3 nitrogen and oxygen atoms in total. The minimum absolute atomic E-state index is 0.280. The second-order valence-electron chi connectivity index (χ2n) is 5.32. The second kappa shape index (κ2) is 5.80. The Kier molecular flexibility index (Phi) is 4.96. The van der Waals surface area contributed by atoms with Gasteiger partial charge in [0.2, 0.25) is 0 Å². The molecule has 0 aliphatic heterocycles. The van der Waals surface area contributed by atoms with Gasteiger partial charge in [-0.15, -0.1) is 0 Å². The molecule has 1 rings (SSSR count). The Morgan fingerprint density at radius 3 is 2.25 bits per heavy atom. The maximum Gasteiger partial charge on any atom is 0.129 e. The summed E-state index contributed by atoms with van der Waals surface area (Å²) < 4.78 is 0. The molecule has 0 saturated heterocycles. The Morgan fingerprint density at radius 2 is 1.88 bits per heavy atom. The molecule has 1 aliphatic carbocycles. The Morgan fingerprint density at radius 1 is 1.31 bits per heavy atom. The first kappa shape index (κ1) is 13.7. The van der Waals surface area contributed by atoms with Crippen molar-refractivity contribution >= 4 is 0 Å². The quantitative estimate of drug-likeness (QED) is 0.568. The summed E-state index contributed by atoms with van der Waals surface area (Å²) in [5.74, 6) is 0. The summed E-state index contributed by atoms with van der Waals surface area (Å²) in [6.07, 6.45) is 4.51. The maximum absolute atomic E-state index is 10.4. The second-order valence-corrected chi connectivity index (χ2v) is 5.32. The standard InChI is InChI=1S/C13H26N2O/c1-9(2)15(10(3)4)13(16)11-5-7-12(14)8-6-11/h5,9-10,12-13,16H,6-8,14H2,1-4H3/t12?,13-/m1/s1. The number of nitrogens with two attached hydrogens (primary N) is 1. The van der Waals surface area contributed by atoms with Gasteiger partial charge in [0.1, 0.15) is 6.23 Å². The third-order valence-electron chi connectivity index (χ3n) is 3.29. The van der Waals surface area contributed by atoms with E-state index in [2.05, 4.69) is 38.7 Å². The van der Waals surface area contributed by atoms with Crippen LogP contribution in [-0.4, -0.2) is 34.4 Å². The molecule has 0 spiro atoms. The lowest BCUT2D eigenvalue weighted by atomic mass is 9.94. The minimum Gasteiger partial charge on any atom is -0.374 e. The number of aliphatic hydroxyl groups is 1. The molecule has 0 bridgehead atoms. The molecule has 0 heterocycles. The first-order valence-corrected chi connectivity index (χ1v) is 6.33. The van der Waals surface area contributed by atoms with Crippen LogP contribution in [0.5, 0.6) is 0 Å². The lowest BCUT2D eigenvalue weighted by Crippen LogP contribution is -2.46. The van der Waals surface area contributed by atoms with Gasteiger partial charge in [-0.3, -0.25) is 4.90 Å². The van der Waals surface area contributed by atoms with Crippen LogP contribution in [0.3, 0.4) is 0 Å². The molecular formula is C13H26N2O. The lowest BCUT2D eigenvalue weighted by Gasteiger charge is -2.37. The fourth-order valence-corrected chi connectivity index (χ4v) is 2.46. The van der Waals surface area contributed by atoms with Gasteiger partial charge < -0.3 is 10.8 Å². The molecule has 0 amide bonds. The highest BCUT2D eigenvalue weighted by molar-refractivity contribution is 5.12. The van der Waals surface area contributed by atoms with Crippen LogP contribution in [0.15, 0.2) is 11.6 Å². The van der Waals surface area contributed by atoms with Crippen molar-refractivity contribution in [2.75, 3.05) is 0 Å². The molecule has 0 aromatic carbocycles. The third kappa shape index (κ3) is 3.30. The molecular weight excluding hydrogens is 200 g/mol. The van der Waals surface area contributed by atoms with E-state index in [4.69, 9.17) is 5.73 Å². The van der Waals surface area contributed by atoms with E-state index in [0.29, 0.717) is 12.1 Å². The van der Waals surface area contributed by atoms with Gasteiger partial charge in [-0.05, 0) is 52.5 Å². The molecule has 94 valence electrons. The van der Waals surface area contributed by atoms with E-state index in [1.165, 1.54) is 0 Å². The van der Waals surface area contributed by atoms with Crippen LogP contribution in [0.25, 0.3) is 0 Å². The monoisotopic (exact) mass is 226 g/mol. The van der Waals surface area contributed by atoms with Gasteiger partial charge in [-0.2, -0.15) is 0 Å². The van der Waals surface area contributed by atoms with Gasteiger partial charge in [0.05, 0.1) is 0 Å². The molecule has 0 aromatic rings. The molecule has 3 N–H and O–H groups in total. The number of aliphatic hydroxyl groups excluding tert-OH is 1. The van der Waals surface area contributed by atoms with Crippen molar-refractivity contribution in [2.24, 2.45) is 5.73 Å². The predicted octanol–water partition coefficient (Wildman–Crippen LogP) is 1.86. The van der Waals surface area contributed by atoms with Crippen molar-refractivity contribution in [2.45, 2.75) is 71.3 Å². The summed E-state index contributed by atoms with van der Waals surface area (Å²) in [6, 6.07) is 0.987. The van der Waals surface area contributed by atoms with E-state index in [1.54, 1.807) is 0 Å². The van der Waals surface area contributed by atoms with Crippen LogP contribution in [0, 0.1) is 0 Å². The SMILES string of the molecule is CC(C)N(C(C)C)[C@H](O)C1=CCC(N)CC1. The summed E-state index contributed by atoms with van der Waals surface area (Å²) in [4.78, 5) is 2.14. The zero-order valence-electron chi connectivity index (χ0n) is 11.0. The summed E-state index contributed by atoms with van der Waals surface area (Å²) in [5, 5.41) is 10.4. The largest absolute Gasteiger partial charge is 0.374 e. The summed E-state index contributed by atoms with van der Waals surface area (Å²) in [6.45, 7) is 8.49. The van der Waals surface area contributed by atoms with Crippen LogP contribution in [-0.2, 0) is 0 Å². The zero-order valence-corrected chi connectivity index (χ0v) is 11.0. The van der Waals surface area contributed by atoms with Crippen molar-refractivity contribution in [3.05, 3.63) is 11.6 Å². The van der Waals surface area contributed by atoms with E-state index >= 15 is 0 Å². The van der Waals surface area contributed by atoms with E-state index in [-0.39, 0.29) is 6.04 Å². The van der Waals surface area contributed by atoms with Gasteiger partial charge in [0.15, 0.2) is 0 Å². The number of nitrogens with zero attached hydrogens (tertiary/aromatic N) is 1. The highest BCUT2D eigenvalue weighted by atomic mass is 16.3. The van der Waals surface area contributed by atoms with E-state index < -0.39 is 6.23 Å². The van der Waals surface area contributed by atoms with Crippen molar-refractivity contribution in [3.63, 3.8) is 0 Å². The van der Waals surface area contributed by atoms with Gasteiger partial charge in [-0.25, -0.2) is 0 Å². The molecule has 0 saturated carbocycles. The molecule has 1 aliphatic rings. The Hall–Kier alpha value is -0.380. The maximum atomic E-state index is 10.4. The first-order chi connectivity index (χ1) is 7.43. The smallest absolute Gasteiger partial charge is 0.129 e. The van der Waals surface area contributed by atoms with Crippen LogP contribution >= 0.6 is 0 Å². The fourth-order valence-electron chi connectivity index (χ4n) is 2.46. The van der Waals surface area contributed by atoms with Crippen molar-refractivity contribution in [3.8, 4) is 0 Å². The molecule has 3 heteroatoms. The zero-order chi connectivity index (χ0) is 12.3. The van der Waals surface area contributed by atoms with Crippen LogP contribution in [0.1, 0.15) is 47.0 Å².